The Kier molecular flexibility index (Phi) is 10.3. The lowest BCUT2D eigenvalue weighted by Gasteiger charge is -2.42. The maximum Gasteiger partial charge on any atom is 0.134 e. The van der Waals surface area contributed by atoms with Crippen LogP contribution >= 0.6 is 7.92 Å². The first kappa shape index (κ1) is 36.6. The highest BCUT2D eigenvalue weighted by molar-refractivity contribution is 7.67. The van der Waals surface area contributed by atoms with Crippen LogP contribution in [0.3, 0.4) is 0 Å². The molecule has 0 aromatic heterocycles. The van der Waals surface area contributed by atoms with E-state index in [1.807, 2.05) is 0 Å². The van der Waals surface area contributed by atoms with Gasteiger partial charge in [0, 0.05) is 24.2 Å². The molecule has 1 fully saturated rings. The number of hydrogen-bond acceptors (Lipinski definition) is 1. The minimum absolute atomic E-state index is 0.00138. The summed E-state index contributed by atoms with van der Waals surface area (Å²) < 4.78 is 0. The molecule has 1 nitrogen and oxygen atoms in total. The molecular weight excluding hydrogens is 684 g/mol. The van der Waals surface area contributed by atoms with Gasteiger partial charge in [0.25, 0.3) is 0 Å². The van der Waals surface area contributed by atoms with Gasteiger partial charge in [0.05, 0.1) is 0 Å². The lowest BCUT2D eigenvalue weighted by Crippen LogP contribution is -2.26. The number of benzene rings is 7. The highest BCUT2D eigenvalue weighted by atomic mass is 31.1. The molecule has 7 aromatic rings. The van der Waals surface area contributed by atoms with Gasteiger partial charge in [0.15, 0.2) is 0 Å². The zero-order valence-electron chi connectivity index (χ0n) is 32.9. The van der Waals surface area contributed by atoms with Crippen molar-refractivity contribution in [3.63, 3.8) is 0 Å². The van der Waals surface area contributed by atoms with E-state index in [4.69, 9.17) is 0 Å². The van der Waals surface area contributed by atoms with E-state index in [0.717, 1.165) is 0 Å². The van der Waals surface area contributed by atoms with Crippen molar-refractivity contribution in [1.29, 1.82) is 0 Å². The van der Waals surface area contributed by atoms with Gasteiger partial charge in [-0.25, -0.2) is 0 Å². The van der Waals surface area contributed by atoms with Crippen LogP contribution in [-0.2, 0) is 4.79 Å². The topological polar surface area (TPSA) is 17.1 Å². The summed E-state index contributed by atoms with van der Waals surface area (Å²) in [5.41, 5.74) is 20.3. The van der Waals surface area contributed by atoms with E-state index in [1.54, 1.807) is 0 Å². The largest absolute Gasteiger partial charge is 0.300 e. The van der Waals surface area contributed by atoms with Crippen LogP contribution in [-0.4, -0.2) is 5.78 Å². The first-order valence-corrected chi connectivity index (χ1v) is 21.1. The highest BCUT2D eigenvalue weighted by Crippen LogP contribution is 2.69. The lowest BCUT2D eigenvalue weighted by atomic mass is 9.89. The summed E-state index contributed by atoms with van der Waals surface area (Å²) in [7, 11) is -1.06. The zero-order chi connectivity index (χ0) is 38.2. The van der Waals surface area contributed by atoms with E-state index in [2.05, 4.69) is 193 Å². The van der Waals surface area contributed by atoms with E-state index in [1.165, 1.54) is 94.3 Å². The van der Waals surface area contributed by atoms with E-state index >= 15 is 0 Å². The van der Waals surface area contributed by atoms with E-state index < -0.39 is 7.92 Å². The molecule has 55 heavy (non-hydrogen) atoms. The minimum Gasteiger partial charge on any atom is -0.300 e. The van der Waals surface area contributed by atoms with E-state index in [0.29, 0.717) is 18.6 Å². The van der Waals surface area contributed by atoms with Crippen molar-refractivity contribution in [2.24, 2.45) is 0 Å². The van der Waals surface area contributed by atoms with Crippen LogP contribution in [0.15, 0.2) is 152 Å². The maximum atomic E-state index is 14.5. The van der Waals surface area contributed by atoms with Crippen molar-refractivity contribution < 1.29 is 4.79 Å². The van der Waals surface area contributed by atoms with Gasteiger partial charge in [-0.15, -0.1) is 0 Å². The summed E-state index contributed by atoms with van der Waals surface area (Å²) in [6, 6.07) is 55.7. The molecular formula is C53H49OP. The summed E-state index contributed by atoms with van der Waals surface area (Å²) in [5, 5.41) is 1.41. The monoisotopic (exact) mass is 732 g/mol. The fraction of sp³-hybridized carbons (Fsp3) is 0.189. The van der Waals surface area contributed by atoms with Crippen LogP contribution in [0.2, 0.25) is 0 Å². The summed E-state index contributed by atoms with van der Waals surface area (Å²) in [5.74, 6) is 0.337. The molecule has 0 bridgehead atoms. The van der Waals surface area contributed by atoms with Crippen LogP contribution < -0.4 is 5.30 Å². The number of ketones is 1. The zero-order valence-corrected chi connectivity index (χ0v) is 33.8. The molecule has 1 heterocycles. The molecule has 2 heteroatoms. The van der Waals surface area contributed by atoms with Crippen molar-refractivity contribution in [3.05, 3.63) is 196 Å². The molecule has 0 spiro atoms. The number of carbonyl (C=O) groups is 1. The van der Waals surface area contributed by atoms with Gasteiger partial charge in [-0.05, 0) is 125 Å². The van der Waals surface area contributed by atoms with Gasteiger partial charge in [-0.1, -0.05) is 171 Å². The van der Waals surface area contributed by atoms with Gasteiger partial charge in [0.1, 0.15) is 5.78 Å². The molecule has 1 saturated heterocycles. The van der Waals surface area contributed by atoms with Crippen LogP contribution in [0.25, 0.3) is 44.5 Å². The Hall–Kier alpha value is -5.36. The van der Waals surface area contributed by atoms with Crippen molar-refractivity contribution in [1.82, 2.24) is 0 Å². The van der Waals surface area contributed by atoms with E-state index in [-0.39, 0.29) is 11.3 Å². The average Bonchev–Trinajstić information content (AvgIpc) is 3.18. The van der Waals surface area contributed by atoms with Gasteiger partial charge in [0.2, 0.25) is 0 Å². The third-order valence-electron chi connectivity index (χ3n) is 11.5. The van der Waals surface area contributed by atoms with Crippen LogP contribution in [0.1, 0.15) is 68.7 Å². The summed E-state index contributed by atoms with van der Waals surface area (Å²) in [6.07, 6.45) is 1.04. The normalized spacial score (nSPS) is 17.0. The number of rotatable bonds is 7. The summed E-state index contributed by atoms with van der Waals surface area (Å²) in [4.78, 5) is 14.5. The fourth-order valence-corrected chi connectivity index (χ4v) is 13.4. The Morgan fingerprint density at radius 1 is 0.418 bits per heavy atom. The molecule has 0 aliphatic carbocycles. The van der Waals surface area contributed by atoms with Crippen molar-refractivity contribution >= 4 is 19.0 Å². The summed E-state index contributed by atoms with van der Waals surface area (Å²) in [6.45, 7) is 13.5. The number of Topliss-reactive ketones (excluding diaryl/α,β-unsaturated/α-hetero) is 1. The second kappa shape index (κ2) is 15.4. The van der Waals surface area contributed by atoms with Crippen LogP contribution in [0.4, 0.5) is 0 Å². The average molecular weight is 733 g/mol. The predicted molar refractivity (Wildman–Crippen MR) is 236 cm³/mol. The van der Waals surface area contributed by atoms with Gasteiger partial charge in [-0.3, -0.25) is 4.79 Å². The van der Waals surface area contributed by atoms with Gasteiger partial charge >= 0.3 is 0 Å². The van der Waals surface area contributed by atoms with Crippen molar-refractivity contribution in [2.45, 2.75) is 65.7 Å². The lowest BCUT2D eigenvalue weighted by molar-refractivity contribution is -0.119. The predicted octanol–water partition coefficient (Wildman–Crippen LogP) is 14.2. The molecule has 8 rings (SSSR count). The number of aryl methyl sites for hydroxylation is 6. The Morgan fingerprint density at radius 2 is 0.764 bits per heavy atom. The quantitative estimate of drug-likeness (QED) is 0.149. The molecule has 0 amide bonds. The van der Waals surface area contributed by atoms with Crippen molar-refractivity contribution in [3.8, 4) is 44.5 Å². The molecule has 0 saturated carbocycles. The Bertz CT molecular complexity index is 2310. The van der Waals surface area contributed by atoms with Crippen LogP contribution in [0, 0.1) is 41.5 Å². The molecule has 2 atom stereocenters. The van der Waals surface area contributed by atoms with Gasteiger partial charge in [-0.2, -0.15) is 0 Å². The maximum absolute atomic E-state index is 14.5. The number of hydrogen-bond donors (Lipinski definition) is 0. The third-order valence-corrected chi connectivity index (χ3v) is 14.8. The smallest absolute Gasteiger partial charge is 0.134 e. The number of carbonyl (C=O) groups excluding carboxylic acids is 1. The Labute approximate surface area is 328 Å². The second-order valence-electron chi connectivity index (χ2n) is 15.5. The molecule has 1 aliphatic rings. The first-order valence-electron chi connectivity index (χ1n) is 19.6. The molecule has 1 aliphatic heterocycles. The standard InChI is InChI=1S/C53H49OP/c1-34-28-36(3)51(37(4)29-34)47-26-17-27-48(52-38(5)30-35(2)31-39(52)6)53(47)55-49(45-24-15-13-22-43(45)40-18-9-7-10-19-40)32-42(54)33-50(55)46-25-16-14-23-44(46)41-20-11-8-12-21-41/h7-31,49-50H,32-33H2,1-6H3. The molecule has 0 radical (unpaired) electrons. The third kappa shape index (κ3) is 7.03. The fourth-order valence-electron chi connectivity index (χ4n) is 9.53. The molecule has 7 aromatic carbocycles. The van der Waals surface area contributed by atoms with Crippen LogP contribution in [0.5, 0.6) is 0 Å². The molecule has 2 unspecified atom stereocenters. The SMILES string of the molecule is Cc1cc(C)c(-c2cccc(-c3c(C)cc(C)cc3C)c2P2C(c3ccccc3-c3ccccc3)CC(=O)CC2c2ccccc2-c2ccccc2)c(C)c1. The Morgan fingerprint density at radius 3 is 1.16 bits per heavy atom. The Balaban J connectivity index is 1.51. The van der Waals surface area contributed by atoms with Crippen molar-refractivity contribution in [2.75, 3.05) is 0 Å². The summed E-state index contributed by atoms with van der Waals surface area (Å²) >= 11 is 0. The molecule has 272 valence electrons. The minimum atomic E-state index is -1.06. The second-order valence-corrected chi connectivity index (χ2v) is 18.0. The first-order chi connectivity index (χ1) is 26.7. The molecule has 0 N–H and O–H groups in total. The van der Waals surface area contributed by atoms with E-state index in [9.17, 15) is 4.79 Å². The van der Waals surface area contributed by atoms with Gasteiger partial charge < -0.3 is 0 Å². The highest BCUT2D eigenvalue weighted by Gasteiger charge is 2.43.